The van der Waals surface area contributed by atoms with Crippen molar-refractivity contribution in [2.24, 2.45) is 5.10 Å². The Morgan fingerprint density at radius 2 is 1.92 bits per heavy atom. The van der Waals surface area contributed by atoms with Crippen LogP contribution in [0, 0.1) is 0 Å². The lowest BCUT2D eigenvalue weighted by molar-refractivity contribution is 0.800. The fraction of sp³-hybridized carbons (Fsp3) is 0.0526. The van der Waals surface area contributed by atoms with E-state index in [1.54, 1.807) is 11.3 Å². The van der Waals surface area contributed by atoms with Crippen LogP contribution >= 0.6 is 22.9 Å². The number of hydrogen-bond donors (Lipinski definition) is 1. The van der Waals surface area contributed by atoms with Crippen LogP contribution in [0.5, 0.6) is 0 Å². The molecule has 0 saturated carbocycles. The molecule has 2 aromatic heterocycles. The van der Waals surface area contributed by atoms with Gasteiger partial charge in [-0.2, -0.15) is 5.10 Å². The highest BCUT2D eigenvalue weighted by Crippen LogP contribution is 2.25. The van der Waals surface area contributed by atoms with Crippen molar-refractivity contribution < 1.29 is 0 Å². The molecule has 25 heavy (non-hydrogen) atoms. The molecule has 0 spiro atoms. The highest BCUT2D eigenvalue weighted by Gasteiger charge is 2.02. The van der Waals surface area contributed by atoms with Crippen molar-refractivity contribution in [1.82, 2.24) is 9.55 Å². The number of halogens is 1. The van der Waals surface area contributed by atoms with Crippen LogP contribution in [0.1, 0.15) is 11.3 Å². The van der Waals surface area contributed by atoms with Gasteiger partial charge < -0.3 is 4.57 Å². The predicted octanol–water partition coefficient (Wildman–Crippen LogP) is 5.25. The van der Waals surface area contributed by atoms with E-state index in [2.05, 4.69) is 26.1 Å². The number of nitrogens with zero attached hydrogens (tertiary/aromatic N) is 3. The van der Waals surface area contributed by atoms with Crippen LogP contribution in [-0.2, 0) is 6.54 Å². The lowest BCUT2D eigenvalue weighted by Crippen LogP contribution is -2.03. The standard InChI is InChI=1S/C19H15ClN4S/c20-15-9-7-14(8-10-15)13-24-11-3-4-16(24)12-21-23-19-22-17-5-1-2-6-18(17)25-19/h1-12H,13H2,(H,22,23)/b21-12+. The second kappa shape index (κ2) is 7.09. The van der Waals surface area contributed by atoms with E-state index in [-0.39, 0.29) is 0 Å². The second-order valence-corrected chi connectivity index (χ2v) is 7.01. The molecule has 0 aliphatic rings. The molecule has 2 heterocycles. The van der Waals surface area contributed by atoms with Gasteiger partial charge in [-0.15, -0.1) is 0 Å². The highest BCUT2D eigenvalue weighted by molar-refractivity contribution is 7.22. The average molecular weight is 367 g/mol. The largest absolute Gasteiger partial charge is 0.342 e. The summed E-state index contributed by atoms with van der Waals surface area (Å²) >= 11 is 7.53. The van der Waals surface area contributed by atoms with Gasteiger partial charge in [0.15, 0.2) is 0 Å². The Balaban J connectivity index is 1.46. The molecule has 0 bridgehead atoms. The van der Waals surface area contributed by atoms with Crippen LogP contribution in [0.3, 0.4) is 0 Å². The summed E-state index contributed by atoms with van der Waals surface area (Å²) in [7, 11) is 0. The van der Waals surface area contributed by atoms with E-state index >= 15 is 0 Å². The third-order valence-electron chi connectivity index (χ3n) is 3.78. The zero-order chi connectivity index (χ0) is 17.1. The van der Waals surface area contributed by atoms with Crippen LogP contribution in [0.2, 0.25) is 5.02 Å². The first-order chi connectivity index (χ1) is 12.3. The average Bonchev–Trinajstić information content (AvgIpc) is 3.23. The molecule has 0 atom stereocenters. The summed E-state index contributed by atoms with van der Waals surface area (Å²) in [6, 6.07) is 20.0. The van der Waals surface area contributed by atoms with Crippen molar-refractivity contribution in [1.29, 1.82) is 0 Å². The number of thiazole rings is 1. The Labute approximate surface area is 154 Å². The number of fused-ring (bicyclic) bond motifs is 1. The van der Waals surface area contributed by atoms with Gasteiger partial charge in [-0.05, 0) is 42.0 Å². The molecule has 0 unspecified atom stereocenters. The van der Waals surface area contributed by atoms with Gasteiger partial charge in [0.2, 0.25) is 5.13 Å². The molecular formula is C19H15ClN4S. The number of anilines is 1. The van der Waals surface area contributed by atoms with Crippen molar-refractivity contribution in [3.8, 4) is 0 Å². The van der Waals surface area contributed by atoms with E-state index in [4.69, 9.17) is 11.6 Å². The topological polar surface area (TPSA) is 42.2 Å². The van der Waals surface area contributed by atoms with Crippen molar-refractivity contribution in [2.75, 3.05) is 5.43 Å². The fourth-order valence-electron chi connectivity index (χ4n) is 2.55. The molecule has 1 N–H and O–H groups in total. The Morgan fingerprint density at radius 3 is 2.76 bits per heavy atom. The number of rotatable bonds is 5. The van der Waals surface area contributed by atoms with Crippen LogP contribution in [0.15, 0.2) is 72.0 Å². The van der Waals surface area contributed by atoms with E-state index in [1.807, 2.05) is 67.0 Å². The van der Waals surface area contributed by atoms with Gasteiger partial charge in [0.25, 0.3) is 0 Å². The number of aromatic nitrogens is 2. The van der Waals surface area contributed by atoms with Gasteiger partial charge in [-0.25, -0.2) is 4.98 Å². The zero-order valence-corrected chi connectivity index (χ0v) is 14.8. The number of hydrogen-bond acceptors (Lipinski definition) is 4. The summed E-state index contributed by atoms with van der Waals surface area (Å²) in [5.41, 5.74) is 6.21. The minimum Gasteiger partial charge on any atom is -0.342 e. The van der Waals surface area contributed by atoms with E-state index in [9.17, 15) is 0 Å². The maximum atomic E-state index is 5.94. The monoisotopic (exact) mass is 366 g/mol. The molecule has 0 aliphatic heterocycles. The summed E-state index contributed by atoms with van der Waals surface area (Å²) in [5.74, 6) is 0. The third kappa shape index (κ3) is 3.73. The van der Waals surface area contributed by atoms with Crippen molar-refractivity contribution in [3.05, 3.63) is 83.1 Å². The SMILES string of the molecule is Clc1ccc(Cn2cccc2/C=N/Nc2nc3ccccc3s2)cc1. The molecule has 6 heteroatoms. The first kappa shape index (κ1) is 15.9. The van der Waals surface area contributed by atoms with E-state index in [0.717, 1.165) is 32.6 Å². The fourth-order valence-corrected chi connectivity index (χ4v) is 3.49. The zero-order valence-electron chi connectivity index (χ0n) is 13.3. The Morgan fingerprint density at radius 1 is 1.08 bits per heavy atom. The van der Waals surface area contributed by atoms with Crippen LogP contribution in [0.4, 0.5) is 5.13 Å². The molecular weight excluding hydrogens is 352 g/mol. The molecule has 4 nitrogen and oxygen atoms in total. The lowest BCUT2D eigenvalue weighted by atomic mass is 10.2. The van der Waals surface area contributed by atoms with Crippen molar-refractivity contribution >= 4 is 44.5 Å². The minimum atomic E-state index is 0.748. The van der Waals surface area contributed by atoms with Crippen LogP contribution < -0.4 is 5.43 Å². The van der Waals surface area contributed by atoms with E-state index in [1.165, 1.54) is 5.56 Å². The molecule has 0 aliphatic carbocycles. The van der Waals surface area contributed by atoms with Gasteiger partial charge in [0.1, 0.15) is 0 Å². The minimum absolute atomic E-state index is 0.748. The first-order valence-electron chi connectivity index (χ1n) is 7.82. The molecule has 2 aromatic carbocycles. The Kier molecular flexibility index (Phi) is 4.50. The summed E-state index contributed by atoms with van der Waals surface area (Å²) in [4.78, 5) is 4.50. The van der Waals surface area contributed by atoms with Gasteiger partial charge in [0.05, 0.1) is 22.1 Å². The maximum Gasteiger partial charge on any atom is 0.204 e. The molecule has 124 valence electrons. The quantitative estimate of drug-likeness (QED) is 0.387. The van der Waals surface area contributed by atoms with E-state index < -0.39 is 0 Å². The third-order valence-corrected chi connectivity index (χ3v) is 4.97. The smallest absolute Gasteiger partial charge is 0.204 e. The normalized spacial score (nSPS) is 11.4. The van der Waals surface area contributed by atoms with Crippen LogP contribution in [0.25, 0.3) is 10.2 Å². The first-order valence-corrected chi connectivity index (χ1v) is 9.02. The summed E-state index contributed by atoms with van der Waals surface area (Å²) in [6.07, 6.45) is 3.84. The molecule has 0 radical (unpaired) electrons. The number of para-hydroxylation sites is 1. The van der Waals surface area contributed by atoms with Gasteiger partial charge >= 0.3 is 0 Å². The van der Waals surface area contributed by atoms with Gasteiger partial charge in [-0.3, -0.25) is 5.43 Å². The molecule has 0 fully saturated rings. The highest BCUT2D eigenvalue weighted by atomic mass is 35.5. The summed E-state index contributed by atoms with van der Waals surface area (Å²) in [5, 5.41) is 5.86. The number of hydrazone groups is 1. The number of nitrogens with one attached hydrogen (secondary N) is 1. The predicted molar refractivity (Wildman–Crippen MR) is 106 cm³/mol. The van der Waals surface area contributed by atoms with E-state index in [0.29, 0.717) is 0 Å². The Hall–Kier alpha value is -2.63. The second-order valence-electron chi connectivity index (χ2n) is 5.54. The van der Waals surface area contributed by atoms with Gasteiger partial charge in [0, 0.05) is 17.8 Å². The molecule has 0 saturated heterocycles. The van der Waals surface area contributed by atoms with Crippen molar-refractivity contribution in [3.63, 3.8) is 0 Å². The molecule has 4 rings (SSSR count). The molecule has 4 aromatic rings. The number of benzene rings is 2. The molecule has 0 amide bonds. The maximum absolute atomic E-state index is 5.94. The van der Waals surface area contributed by atoms with Crippen LogP contribution in [-0.4, -0.2) is 15.8 Å². The van der Waals surface area contributed by atoms with Gasteiger partial charge in [-0.1, -0.05) is 47.2 Å². The summed E-state index contributed by atoms with van der Waals surface area (Å²) < 4.78 is 3.28. The Bertz CT molecular complexity index is 984. The summed E-state index contributed by atoms with van der Waals surface area (Å²) in [6.45, 7) is 0.770. The van der Waals surface area contributed by atoms with Crippen molar-refractivity contribution in [2.45, 2.75) is 6.54 Å². The lowest BCUT2D eigenvalue weighted by Gasteiger charge is -2.06.